The number of ether oxygens (including phenoxy) is 1. The van der Waals surface area contributed by atoms with Gasteiger partial charge in [0.05, 0.1) is 13.5 Å². The highest BCUT2D eigenvalue weighted by Crippen LogP contribution is 2.27. The van der Waals surface area contributed by atoms with E-state index in [4.69, 9.17) is 0 Å². The lowest BCUT2D eigenvalue weighted by atomic mass is 9.94. The van der Waals surface area contributed by atoms with Crippen LogP contribution in [0.4, 0.5) is 0 Å². The Morgan fingerprint density at radius 1 is 1.29 bits per heavy atom. The summed E-state index contributed by atoms with van der Waals surface area (Å²) in [5.74, 6) is 1.72. The van der Waals surface area contributed by atoms with Crippen molar-refractivity contribution in [2.45, 2.75) is 66.2 Å². The number of nitrogens with zero attached hydrogens (tertiary/aromatic N) is 1. The third-order valence-corrected chi connectivity index (χ3v) is 4.05. The van der Waals surface area contributed by atoms with Gasteiger partial charge >= 0.3 is 5.97 Å². The number of hydrogen-bond donors (Lipinski definition) is 0. The lowest BCUT2D eigenvalue weighted by molar-refractivity contribution is -0.488. The Labute approximate surface area is 145 Å². The van der Waals surface area contributed by atoms with Gasteiger partial charge in [-0.25, -0.2) is 0 Å². The number of ketones is 1. The number of esters is 1. The molecule has 6 nitrogen and oxygen atoms in total. The Morgan fingerprint density at radius 3 is 2.29 bits per heavy atom. The highest BCUT2D eigenvalue weighted by atomic mass is 16.6. The predicted octanol–water partition coefficient (Wildman–Crippen LogP) is 3.89. The summed E-state index contributed by atoms with van der Waals surface area (Å²) < 4.78 is 4.48. The second kappa shape index (κ2) is 12.0. The molecule has 6 heteroatoms. The van der Waals surface area contributed by atoms with E-state index in [1.807, 2.05) is 13.8 Å². The van der Waals surface area contributed by atoms with Crippen LogP contribution in [0.25, 0.3) is 0 Å². The Bertz CT molecular complexity index is 406. The molecule has 1 fully saturated rings. The van der Waals surface area contributed by atoms with E-state index in [0.717, 1.165) is 25.2 Å². The van der Waals surface area contributed by atoms with Crippen molar-refractivity contribution < 1.29 is 19.2 Å². The molecule has 0 N–H and O–H groups in total. The minimum Gasteiger partial charge on any atom is -0.469 e. The number of carbonyl (C=O) groups is 2. The molecule has 0 aromatic rings. The third-order valence-electron chi connectivity index (χ3n) is 4.05. The molecule has 1 aliphatic rings. The molecule has 0 aliphatic heterocycles. The van der Waals surface area contributed by atoms with Crippen molar-refractivity contribution in [3.05, 3.63) is 10.1 Å². The Morgan fingerprint density at radius 2 is 1.92 bits per heavy atom. The first kappa shape index (κ1) is 22.5. The van der Waals surface area contributed by atoms with Crippen LogP contribution in [-0.4, -0.2) is 30.3 Å². The summed E-state index contributed by atoms with van der Waals surface area (Å²) in [7, 11) is 1.29. The summed E-state index contributed by atoms with van der Waals surface area (Å²) in [5.41, 5.74) is 0. The van der Waals surface area contributed by atoms with E-state index in [0.29, 0.717) is 24.0 Å². The lowest BCUT2D eigenvalue weighted by Crippen LogP contribution is -2.20. The number of methoxy groups -OCH3 is 1. The van der Waals surface area contributed by atoms with Crippen molar-refractivity contribution in [1.29, 1.82) is 0 Å². The molecule has 2 atom stereocenters. The van der Waals surface area contributed by atoms with Crippen LogP contribution < -0.4 is 0 Å². The molecule has 2 unspecified atom stereocenters. The van der Waals surface area contributed by atoms with Crippen LogP contribution in [0.1, 0.15) is 66.2 Å². The molecule has 24 heavy (non-hydrogen) atoms. The maximum Gasteiger partial charge on any atom is 0.306 e. The number of hydrogen-bond acceptors (Lipinski definition) is 5. The van der Waals surface area contributed by atoms with Gasteiger partial charge in [0, 0.05) is 23.7 Å². The van der Waals surface area contributed by atoms with Crippen LogP contribution in [0, 0.1) is 33.8 Å². The normalized spacial score (nSPS) is 18.3. The number of Topliss-reactive ketones (excluding diaryl/α,β-unsaturated/α-hetero) is 1. The van der Waals surface area contributed by atoms with Gasteiger partial charge in [0.15, 0.2) is 0 Å². The van der Waals surface area contributed by atoms with Crippen molar-refractivity contribution in [3.63, 3.8) is 0 Å². The molecule has 1 rings (SSSR count). The second-order valence-corrected chi connectivity index (χ2v) is 7.57. The van der Waals surface area contributed by atoms with Gasteiger partial charge in [0.1, 0.15) is 5.78 Å². The highest BCUT2D eigenvalue weighted by Gasteiger charge is 2.22. The van der Waals surface area contributed by atoms with Crippen LogP contribution in [0.5, 0.6) is 0 Å². The zero-order valence-corrected chi connectivity index (χ0v) is 15.7. The SMILES string of the molecule is CC(C)CC1CCC(=O)C1.COC(=O)CC(CC(C)C)C[N+](=O)[O-]. The van der Waals surface area contributed by atoms with Crippen molar-refractivity contribution in [2.75, 3.05) is 13.7 Å². The second-order valence-electron chi connectivity index (χ2n) is 7.57. The lowest BCUT2D eigenvalue weighted by Gasteiger charge is -2.13. The maximum atomic E-state index is 10.9. The molecule has 0 heterocycles. The van der Waals surface area contributed by atoms with Crippen LogP contribution in [0.3, 0.4) is 0 Å². The predicted molar refractivity (Wildman–Crippen MR) is 93.2 cm³/mol. The molecule has 140 valence electrons. The zero-order valence-electron chi connectivity index (χ0n) is 15.7. The first-order chi connectivity index (χ1) is 11.1. The molecule has 0 bridgehead atoms. The Balaban J connectivity index is 0.000000463. The summed E-state index contributed by atoms with van der Waals surface area (Å²) in [6, 6.07) is 0. The first-order valence-corrected chi connectivity index (χ1v) is 8.84. The molecule has 0 radical (unpaired) electrons. The Hall–Kier alpha value is -1.46. The molecule has 0 aromatic heterocycles. The van der Waals surface area contributed by atoms with Crippen molar-refractivity contribution in [3.8, 4) is 0 Å². The van der Waals surface area contributed by atoms with E-state index in [1.54, 1.807) is 0 Å². The van der Waals surface area contributed by atoms with Gasteiger partial charge in [0.25, 0.3) is 0 Å². The van der Waals surface area contributed by atoms with E-state index in [9.17, 15) is 19.7 Å². The molecule has 0 amide bonds. The largest absolute Gasteiger partial charge is 0.469 e. The Kier molecular flexibility index (Phi) is 11.3. The quantitative estimate of drug-likeness (QED) is 0.379. The van der Waals surface area contributed by atoms with Crippen LogP contribution in [-0.2, 0) is 14.3 Å². The fraction of sp³-hybridized carbons (Fsp3) is 0.889. The van der Waals surface area contributed by atoms with E-state index >= 15 is 0 Å². The molecular weight excluding hydrogens is 310 g/mol. The minimum absolute atomic E-state index is 0.135. The van der Waals surface area contributed by atoms with Gasteiger partial charge < -0.3 is 4.74 Å². The summed E-state index contributed by atoms with van der Waals surface area (Å²) in [4.78, 5) is 31.7. The zero-order chi connectivity index (χ0) is 18.7. The maximum absolute atomic E-state index is 10.9. The standard InChI is InChI=1S/C9H17NO4.C9H16O/c1-7(2)4-8(6-10(12)13)5-9(11)14-3;1-7(2)5-8-3-4-9(10)6-8/h7-8H,4-6H2,1-3H3;7-8H,3-6H2,1-2H3. The number of carbonyl (C=O) groups excluding carboxylic acids is 2. The molecule has 1 saturated carbocycles. The van der Waals surface area contributed by atoms with E-state index in [2.05, 4.69) is 18.6 Å². The van der Waals surface area contributed by atoms with Crippen molar-refractivity contribution in [2.24, 2.45) is 23.7 Å². The molecule has 0 spiro atoms. The summed E-state index contributed by atoms with van der Waals surface area (Å²) in [6.07, 6.45) is 4.91. The number of rotatable bonds is 8. The summed E-state index contributed by atoms with van der Waals surface area (Å²) in [5, 5.41) is 10.3. The van der Waals surface area contributed by atoms with Gasteiger partial charge in [-0.2, -0.15) is 0 Å². The molecule has 0 aromatic carbocycles. The average molecular weight is 343 g/mol. The fourth-order valence-electron chi connectivity index (χ4n) is 3.18. The smallest absolute Gasteiger partial charge is 0.306 e. The topological polar surface area (TPSA) is 86.5 Å². The van der Waals surface area contributed by atoms with Gasteiger partial charge in [-0.1, -0.05) is 27.7 Å². The van der Waals surface area contributed by atoms with Crippen molar-refractivity contribution >= 4 is 11.8 Å². The van der Waals surface area contributed by atoms with E-state index in [1.165, 1.54) is 13.5 Å². The first-order valence-electron chi connectivity index (χ1n) is 8.84. The van der Waals surface area contributed by atoms with Crippen molar-refractivity contribution in [1.82, 2.24) is 0 Å². The van der Waals surface area contributed by atoms with E-state index in [-0.39, 0.29) is 29.8 Å². The third kappa shape index (κ3) is 12.0. The van der Waals surface area contributed by atoms with E-state index < -0.39 is 0 Å². The van der Waals surface area contributed by atoms with Gasteiger partial charge in [0.2, 0.25) is 6.54 Å². The fourth-order valence-corrected chi connectivity index (χ4v) is 3.18. The molecule has 0 saturated heterocycles. The van der Waals surface area contributed by atoms with Crippen LogP contribution >= 0.6 is 0 Å². The van der Waals surface area contributed by atoms with Gasteiger partial charge in [-0.05, 0) is 37.0 Å². The van der Waals surface area contributed by atoms with Crippen LogP contribution in [0.2, 0.25) is 0 Å². The van der Waals surface area contributed by atoms with Gasteiger partial charge in [-0.15, -0.1) is 0 Å². The highest BCUT2D eigenvalue weighted by molar-refractivity contribution is 5.80. The molecular formula is C18H33NO5. The molecule has 1 aliphatic carbocycles. The van der Waals surface area contributed by atoms with Gasteiger partial charge in [-0.3, -0.25) is 19.7 Å². The summed E-state index contributed by atoms with van der Waals surface area (Å²) in [6.45, 7) is 8.24. The number of nitro groups is 1. The minimum atomic E-state index is -0.379. The average Bonchev–Trinajstić information content (AvgIpc) is 2.82. The van der Waals surface area contributed by atoms with Crippen LogP contribution in [0.15, 0.2) is 0 Å². The monoisotopic (exact) mass is 343 g/mol. The summed E-state index contributed by atoms with van der Waals surface area (Å²) >= 11 is 0.